The van der Waals surface area contributed by atoms with Crippen molar-refractivity contribution in [2.75, 3.05) is 14.2 Å². The van der Waals surface area contributed by atoms with Crippen LogP contribution in [0.4, 0.5) is 0 Å². The standard InChI is InChI=1S/C14H17NO2S/c1-4-10-5-7-11(8-6-10)13-15-12(9-18-13)14(16-2)17-3/h5-9,14H,4H2,1-3H3. The first kappa shape index (κ1) is 13.2. The molecular weight excluding hydrogens is 246 g/mol. The molecule has 0 atom stereocenters. The molecule has 0 saturated heterocycles. The topological polar surface area (TPSA) is 31.4 Å². The van der Waals surface area contributed by atoms with Crippen LogP contribution in [0.2, 0.25) is 0 Å². The number of rotatable bonds is 5. The fourth-order valence-electron chi connectivity index (χ4n) is 1.75. The first-order chi connectivity index (χ1) is 8.78. The Balaban J connectivity index is 2.23. The molecule has 18 heavy (non-hydrogen) atoms. The average molecular weight is 263 g/mol. The third kappa shape index (κ3) is 2.77. The minimum absolute atomic E-state index is 0.384. The summed E-state index contributed by atoms with van der Waals surface area (Å²) in [6.45, 7) is 2.15. The number of benzene rings is 1. The van der Waals surface area contributed by atoms with Crippen molar-refractivity contribution in [3.05, 3.63) is 40.9 Å². The first-order valence-electron chi connectivity index (χ1n) is 5.88. The summed E-state index contributed by atoms with van der Waals surface area (Å²) in [5.74, 6) is 0. The molecule has 0 spiro atoms. The number of methoxy groups -OCH3 is 2. The highest BCUT2D eigenvalue weighted by Gasteiger charge is 2.13. The predicted molar refractivity (Wildman–Crippen MR) is 73.7 cm³/mol. The van der Waals surface area contributed by atoms with Crippen LogP contribution in [0.25, 0.3) is 10.6 Å². The van der Waals surface area contributed by atoms with Gasteiger partial charge in [-0.1, -0.05) is 31.2 Å². The Labute approximate surface area is 111 Å². The molecule has 2 rings (SSSR count). The molecule has 1 aromatic heterocycles. The second-order valence-corrected chi connectivity index (χ2v) is 4.79. The van der Waals surface area contributed by atoms with Gasteiger partial charge in [-0.05, 0) is 12.0 Å². The van der Waals surface area contributed by atoms with Gasteiger partial charge in [0.25, 0.3) is 0 Å². The van der Waals surface area contributed by atoms with Gasteiger partial charge in [-0.25, -0.2) is 4.98 Å². The van der Waals surface area contributed by atoms with Gasteiger partial charge in [0.15, 0.2) is 0 Å². The number of ether oxygens (including phenoxy) is 2. The predicted octanol–water partition coefficient (Wildman–Crippen LogP) is 3.66. The fourth-order valence-corrected chi connectivity index (χ4v) is 2.57. The van der Waals surface area contributed by atoms with E-state index in [0.29, 0.717) is 0 Å². The van der Waals surface area contributed by atoms with Gasteiger partial charge in [0.1, 0.15) is 10.7 Å². The Morgan fingerprint density at radius 3 is 2.39 bits per heavy atom. The van der Waals surface area contributed by atoms with Crippen LogP contribution >= 0.6 is 11.3 Å². The van der Waals surface area contributed by atoms with Crippen molar-refractivity contribution in [1.29, 1.82) is 0 Å². The SMILES string of the molecule is CCc1ccc(-c2nc(C(OC)OC)cs2)cc1. The van der Waals surface area contributed by atoms with E-state index in [1.807, 2.05) is 5.38 Å². The van der Waals surface area contributed by atoms with E-state index < -0.39 is 0 Å². The lowest BCUT2D eigenvalue weighted by molar-refractivity contribution is -0.108. The molecule has 0 saturated carbocycles. The summed E-state index contributed by atoms with van der Waals surface area (Å²) in [5, 5.41) is 2.97. The van der Waals surface area contributed by atoms with Crippen molar-refractivity contribution >= 4 is 11.3 Å². The highest BCUT2D eigenvalue weighted by atomic mass is 32.1. The van der Waals surface area contributed by atoms with Crippen LogP contribution in [0.5, 0.6) is 0 Å². The van der Waals surface area contributed by atoms with E-state index in [1.165, 1.54) is 5.56 Å². The van der Waals surface area contributed by atoms with Crippen molar-refractivity contribution in [1.82, 2.24) is 4.98 Å². The zero-order chi connectivity index (χ0) is 13.0. The summed E-state index contributed by atoms with van der Waals surface area (Å²) in [6.07, 6.45) is 0.670. The number of aromatic nitrogens is 1. The molecular formula is C14H17NO2S. The molecule has 0 amide bonds. The Kier molecular flexibility index (Phi) is 4.47. The smallest absolute Gasteiger partial charge is 0.201 e. The zero-order valence-corrected chi connectivity index (χ0v) is 11.7. The van der Waals surface area contributed by atoms with Gasteiger partial charge >= 0.3 is 0 Å². The average Bonchev–Trinajstić information content (AvgIpc) is 2.90. The fraction of sp³-hybridized carbons (Fsp3) is 0.357. The maximum Gasteiger partial charge on any atom is 0.201 e. The third-order valence-electron chi connectivity index (χ3n) is 2.80. The highest BCUT2D eigenvalue weighted by molar-refractivity contribution is 7.13. The van der Waals surface area contributed by atoms with E-state index >= 15 is 0 Å². The van der Waals surface area contributed by atoms with E-state index in [0.717, 1.165) is 22.7 Å². The lowest BCUT2D eigenvalue weighted by Gasteiger charge is -2.09. The number of aryl methyl sites for hydroxylation is 1. The molecule has 0 N–H and O–H groups in total. The lowest BCUT2D eigenvalue weighted by Crippen LogP contribution is -2.03. The van der Waals surface area contributed by atoms with Crippen molar-refractivity contribution in [2.45, 2.75) is 19.6 Å². The van der Waals surface area contributed by atoms with Crippen LogP contribution in [0.15, 0.2) is 29.6 Å². The molecule has 0 aliphatic carbocycles. The summed E-state index contributed by atoms with van der Waals surface area (Å²) in [4.78, 5) is 4.55. The molecule has 4 heteroatoms. The Morgan fingerprint density at radius 2 is 1.83 bits per heavy atom. The number of nitrogens with zero attached hydrogens (tertiary/aromatic N) is 1. The lowest BCUT2D eigenvalue weighted by atomic mass is 10.1. The molecule has 96 valence electrons. The Bertz CT molecular complexity index is 489. The van der Waals surface area contributed by atoms with E-state index in [9.17, 15) is 0 Å². The summed E-state index contributed by atoms with van der Waals surface area (Å²) in [6, 6.07) is 8.49. The maximum absolute atomic E-state index is 5.19. The number of thiazole rings is 1. The summed E-state index contributed by atoms with van der Waals surface area (Å²) in [7, 11) is 3.23. The van der Waals surface area contributed by atoms with Crippen LogP contribution in [0, 0.1) is 0 Å². The maximum atomic E-state index is 5.19. The van der Waals surface area contributed by atoms with Crippen LogP contribution in [-0.4, -0.2) is 19.2 Å². The Hall–Kier alpha value is -1.23. The molecule has 0 aliphatic rings. The van der Waals surface area contributed by atoms with Crippen LogP contribution in [0.1, 0.15) is 24.5 Å². The monoisotopic (exact) mass is 263 g/mol. The molecule has 0 aliphatic heterocycles. The second-order valence-electron chi connectivity index (χ2n) is 3.93. The molecule has 0 fully saturated rings. The van der Waals surface area contributed by atoms with Gasteiger partial charge in [0, 0.05) is 25.2 Å². The van der Waals surface area contributed by atoms with Crippen LogP contribution in [0.3, 0.4) is 0 Å². The van der Waals surface area contributed by atoms with E-state index in [4.69, 9.17) is 9.47 Å². The Morgan fingerprint density at radius 1 is 1.17 bits per heavy atom. The van der Waals surface area contributed by atoms with E-state index in [-0.39, 0.29) is 6.29 Å². The number of hydrogen-bond donors (Lipinski definition) is 0. The normalized spacial score (nSPS) is 11.1. The van der Waals surface area contributed by atoms with Crippen molar-refractivity contribution in [3.63, 3.8) is 0 Å². The van der Waals surface area contributed by atoms with Gasteiger partial charge in [-0.3, -0.25) is 0 Å². The summed E-state index contributed by atoms with van der Waals surface area (Å²) >= 11 is 1.60. The molecule has 0 bridgehead atoms. The summed E-state index contributed by atoms with van der Waals surface area (Å²) in [5.41, 5.74) is 3.29. The molecule has 1 heterocycles. The first-order valence-corrected chi connectivity index (χ1v) is 6.76. The molecule has 1 aromatic carbocycles. The quantitative estimate of drug-likeness (QED) is 0.771. The van der Waals surface area contributed by atoms with Gasteiger partial charge in [-0.2, -0.15) is 0 Å². The van der Waals surface area contributed by atoms with Crippen LogP contribution in [-0.2, 0) is 15.9 Å². The van der Waals surface area contributed by atoms with Crippen molar-refractivity contribution < 1.29 is 9.47 Å². The van der Waals surface area contributed by atoms with Crippen molar-refractivity contribution in [2.24, 2.45) is 0 Å². The van der Waals surface area contributed by atoms with Gasteiger partial charge in [-0.15, -0.1) is 11.3 Å². The zero-order valence-electron chi connectivity index (χ0n) is 10.8. The van der Waals surface area contributed by atoms with Gasteiger partial charge < -0.3 is 9.47 Å². The van der Waals surface area contributed by atoms with Gasteiger partial charge in [0.2, 0.25) is 6.29 Å². The minimum atomic E-state index is -0.384. The summed E-state index contributed by atoms with van der Waals surface area (Å²) < 4.78 is 10.4. The van der Waals surface area contributed by atoms with Crippen molar-refractivity contribution in [3.8, 4) is 10.6 Å². The van der Waals surface area contributed by atoms with Crippen LogP contribution < -0.4 is 0 Å². The van der Waals surface area contributed by atoms with Gasteiger partial charge in [0.05, 0.1) is 0 Å². The molecule has 0 unspecified atom stereocenters. The largest absolute Gasteiger partial charge is 0.350 e. The highest BCUT2D eigenvalue weighted by Crippen LogP contribution is 2.27. The molecule has 2 aromatic rings. The second kappa shape index (κ2) is 6.09. The minimum Gasteiger partial charge on any atom is -0.350 e. The molecule has 3 nitrogen and oxygen atoms in total. The number of hydrogen-bond acceptors (Lipinski definition) is 4. The van der Waals surface area contributed by atoms with E-state index in [1.54, 1.807) is 25.6 Å². The van der Waals surface area contributed by atoms with E-state index in [2.05, 4.69) is 36.2 Å². The molecule has 0 radical (unpaired) electrons. The third-order valence-corrected chi connectivity index (χ3v) is 3.71.